The number of aryl methyl sites for hydroxylation is 1. The number of benzene rings is 2. The summed E-state index contributed by atoms with van der Waals surface area (Å²) in [6.07, 6.45) is 0. The molecule has 21 heavy (non-hydrogen) atoms. The molecule has 2 rings (SSSR count). The van der Waals surface area contributed by atoms with E-state index in [1.807, 2.05) is 38.1 Å². The number of carbonyl (C=O) groups is 1. The second-order valence-electron chi connectivity index (χ2n) is 4.66. The fraction of sp³-hybridized carbons (Fsp3) is 0.188. The number of para-hydroxylation sites is 1. The van der Waals surface area contributed by atoms with Gasteiger partial charge in [0.25, 0.3) is 0 Å². The van der Waals surface area contributed by atoms with E-state index >= 15 is 0 Å². The van der Waals surface area contributed by atoms with Crippen LogP contribution in [0.25, 0.3) is 0 Å². The Balaban J connectivity index is 2.04. The molecule has 1 amide bonds. The Labute approximate surface area is 138 Å². The van der Waals surface area contributed by atoms with Crippen LogP contribution in [0.5, 0.6) is 0 Å². The van der Waals surface area contributed by atoms with E-state index in [9.17, 15) is 4.79 Å². The van der Waals surface area contributed by atoms with Crippen LogP contribution in [-0.2, 0) is 4.79 Å². The molecule has 0 aliphatic rings. The molecule has 0 radical (unpaired) electrons. The average molecular weight is 340 g/mol. The molecule has 0 aliphatic heterocycles. The molecular weight excluding hydrogens is 325 g/mol. The number of hydrogen-bond acceptors (Lipinski definition) is 2. The van der Waals surface area contributed by atoms with Crippen LogP contribution in [0.1, 0.15) is 12.5 Å². The lowest BCUT2D eigenvalue weighted by Crippen LogP contribution is -2.22. The quantitative estimate of drug-likeness (QED) is 0.753. The second-order valence-corrected chi connectivity index (χ2v) is 6.89. The first-order valence-electron chi connectivity index (χ1n) is 6.45. The third-order valence-electron chi connectivity index (χ3n) is 2.91. The molecule has 1 N–H and O–H groups in total. The van der Waals surface area contributed by atoms with Crippen molar-refractivity contribution in [2.24, 2.45) is 0 Å². The van der Waals surface area contributed by atoms with Gasteiger partial charge in [0, 0.05) is 4.90 Å². The first kappa shape index (κ1) is 16.2. The topological polar surface area (TPSA) is 29.1 Å². The van der Waals surface area contributed by atoms with Gasteiger partial charge in [0.1, 0.15) is 0 Å². The fourth-order valence-corrected chi connectivity index (χ4v) is 3.08. The molecule has 0 saturated carbocycles. The van der Waals surface area contributed by atoms with E-state index in [2.05, 4.69) is 5.32 Å². The summed E-state index contributed by atoms with van der Waals surface area (Å²) >= 11 is 13.6. The third-order valence-corrected chi connectivity index (χ3v) is 4.66. The van der Waals surface area contributed by atoms with Gasteiger partial charge in [0.05, 0.1) is 21.0 Å². The van der Waals surface area contributed by atoms with E-state index in [-0.39, 0.29) is 11.2 Å². The molecule has 110 valence electrons. The van der Waals surface area contributed by atoms with Gasteiger partial charge in [-0.25, -0.2) is 0 Å². The zero-order chi connectivity index (χ0) is 15.4. The molecule has 0 heterocycles. The Morgan fingerprint density at radius 3 is 2.24 bits per heavy atom. The lowest BCUT2D eigenvalue weighted by molar-refractivity contribution is -0.115. The summed E-state index contributed by atoms with van der Waals surface area (Å²) in [6, 6.07) is 13.2. The summed E-state index contributed by atoms with van der Waals surface area (Å²) in [7, 11) is 0. The first-order valence-corrected chi connectivity index (χ1v) is 8.09. The van der Waals surface area contributed by atoms with Crippen LogP contribution in [0.2, 0.25) is 10.0 Å². The van der Waals surface area contributed by atoms with E-state index < -0.39 is 0 Å². The molecule has 2 aromatic carbocycles. The number of nitrogens with one attached hydrogen (secondary N) is 1. The Kier molecular flexibility index (Phi) is 5.57. The molecule has 0 aliphatic carbocycles. The maximum absolute atomic E-state index is 12.2. The van der Waals surface area contributed by atoms with Crippen molar-refractivity contribution in [2.75, 3.05) is 5.32 Å². The molecule has 2 aromatic rings. The fourth-order valence-electron chi connectivity index (χ4n) is 1.72. The number of halogens is 2. The highest BCUT2D eigenvalue weighted by Crippen LogP contribution is 2.31. The summed E-state index contributed by atoms with van der Waals surface area (Å²) in [4.78, 5) is 13.3. The van der Waals surface area contributed by atoms with Crippen molar-refractivity contribution in [1.29, 1.82) is 0 Å². The zero-order valence-corrected chi connectivity index (χ0v) is 14.0. The summed E-state index contributed by atoms with van der Waals surface area (Å²) in [6.45, 7) is 3.88. The summed E-state index contributed by atoms with van der Waals surface area (Å²) in [5, 5.41) is 3.40. The highest BCUT2D eigenvalue weighted by Gasteiger charge is 2.17. The van der Waals surface area contributed by atoms with Gasteiger partial charge >= 0.3 is 0 Å². The van der Waals surface area contributed by atoms with E-state index in [0.717, 1.165) is 4.90 Å². The number of carbonyl (C=O) groups excluding carboxylic acids is 1. The standard InChI is InChI=1S/C16H15Cl2NOS/c1-10-6-8-12(9-7-10)21-11(2)16(20)19-15-13(17)4-3-5-14(15)18/h3-9,11H,1-2H3,(H,19,20)/t11-/m0/s1. The van der Waals surface area contributed by atoms with Gasteiger partial charge in [-0.05, 0) is 38.1 Å². The largest absolute Gasteiger partial charge is 0.323 e. The van der Waals surface area contributed by atoms with Crippen LogP contribution in [0, 0.1) is 6.92 Å². The van der Waals surface area contributed by atoms with Crippen molar-refractivity contribution >= 4 is 46.6 Å². The van der Waals surface area contributed by atoms with Gasteiger partial charge in [-0.2, -0.15) is 0 Å². The minimum Gasteiger partial charge on any atom is -0.323 e. The van der Waals surface area contributed by atoms with Gasteiger partial charge in [-0.3, -0.25) is 4.79 Å². The van der Waals surface area contributed by atoms with Crippen molar-refractivity contribution < 1.29 is 4.79 Å². The van der Waals surface area contributed by atoms with Crippen molar-refractivity contribution in [3.05, 3.63) is 58.1 Å². The van der Waals surface area contributed by atoms with Crippen LogP contribution in [0.3, 0.4) is 0 Å². The zero-order valence-electron chi connectivity index (χ0n) is 11.7. The molecule has 0 saturated heterocycles. The molecule has 2 nitrogen and oxygen atoms in total. The van der Waals surface area contributed by atoms with Crippen LogP contribution >= 0.6 is 35.0 Å². The lowest BCUT2D eigenvalue weighted by Gasteiger charge is -2.14. The number of amides is 1. The van der Waals surface area contributed by atoms with E-state index in [1.54, 1.807) is 18.2 Å². The Morgan fingerprint density at radius 1 is 1.10 bits per heavy atom. The van der Waals surface area contributed by atoms with Gasteiger partial charge in [0.2, 0.25) is 5.91 Å². The Hall–Kier alpha value is -1.16. The smallest absolute Gasteiger partial charge is 0.237 e. The summed E-state index contributed by atoms with van der Waals surface area (Å²) < 4.78 is 0. The Morgan fingerprint density at radius 2 is 1.67 bits per heavy atom. The monoisotopic (exact) mass is 339 g/mol. The van der Waals surface area contributed by atoms with Crippen LogP contribution in [0.15, 0.2) is 47.4 Å². The highest BCUT2D eigenvalue weighted by atomic mass is 35.5. The lowest BCUT2D eigenvalue weighted by atomic mass is 10.2. The van der Waals surface area contributed by atoms with Crippen LogP contribution in [-0.4, -0.2) is 11.2 Å². The van der Waals surface area contributed by atoms with E-state index in [1.165, 1.54) is 17.3 Å². The maximum Gasteiger partial charge on any atom is 0.237 e. The third kappa shape index (κ3) is 4.40. The van der Waals surface area contributed by atoms with Gasteiger partial charge in [-0.15, -0.1) is 11.8 Å². The van der Waals surface area contributed by atoms with Crippen LogP contribution in [0.4, 0.5) is 5.69 Å². The molecule has 5 heteroatoms. The second kappa shape index (κ2) is 7.21. The first-order chi connectivity index (χ1) is 9.97. The minimum atomic E-state index is -0.250. The van der Waals surface area contributed by atoms with Gasteiger partial charge in [0.15, 0.2) is 0 Å². The number of hydrogen-bond donors (Lipinski definition) is 1. The van der Waals surface area contributed by atoms with Crippen LogP contribution < -0.4 is 5.32 Å². The molecule has 0 unspecified atom stereocenters. The van der Waals surface area contributed by atoms with Crippen molar-refractivity contribution in [3.8, 4) is 0 Å². The number of anilines is 1. The minimum absolute atomic E-state index is 0.129. The molecule has 1 atom stereocenters. The predicted molar refractivity (Wildman–Crippen MR) is 91.6 cm³/mol. The van der Waals surface area contributed by atoms with Crippen molar-refractivity contribution in [3.63, 3.8) is 0 Å². The van der Waals surface area contributed by atoms with Gasteiger partial charge < -0.3 is 5.32 Å². The molecular formula is C16H15Cl2NOS. The van der Waals surface area contributed by atoms with E-state index in [4.69, 9.17) is 23.2 Å². The normalized spacial score (nSPS) is 12.0. The predicted octanol–water partition coefficient (Wildman–Crippen LogP) is 5.42. The number of thioether (sulfide) groups is 1. The maximum atomic E-state index is 12.2. The number of rotatable bonds is 4. The Bertz CT molecular complexity index is 623. The van der Waals surface area contributed by atoms with Crippen molar-refractivity contribution in [1.82, 2.24) is 0 Å². The SMILES string of the molecule is Cc1ccc(S[C@@H](C)C(=O)Nc2c(Cl)cccc2Cl)cc1. The molecule has 0 bridgehead atoms. The summed E-state index contributed by atoms with van der Waals surface area (Å²) in [5.74, 6) is -0.129. The van der Waals surface area contributed by atoms with Gasteiger partial charge in [-0.1, -0.05) is 47.0 Å². The highest BCUT2D eigenvalue weighted by molar-refractivity contribution is 8.00. The van der Waals surface area contributed by atoms with E-state index in [0.29, 0.717) is 15.7 Å². The molecule has 0 fully saturated rings. The van der Waals surface area contributed by atoms with Crippen molar-refractivity contribution in [2.45, 2.75) is 24.0 Å². The average Bonchev–Trinajstić information content (AvgIpc) is 2.45. The summed E-state index contributed by atoms with van der Waals surface area (Å²) in [5.41, 5.74) is 1.65. The molecule has 0 spiro atoms. The molecule has 0 aromatic heterocycles.